The first-order valence-corrected chi connectivity index (χ1v) is 7.78. The number of nitrogens with zero attached hydrogens (tertiary/aromatic N) is 2. The van der Waals surface area contributed by atoms with E-state index in [9.17, 15) is 0 Å². The summed E-state index contributed by atoms with van der Waals surface area (Å²) in [6, 6.07) is 10.3. The third-order valence-electron chi connectivity index (χ3n) is 3.30. The molecule has 2 nitrogen and oxygen atoms in total. The van der Waals surface area contributed by atoms with Gasteiger partial charge in [0.05, 0.1) is 10.4 Å². The number of hydrogen-bond donors (Lipinski definition) is 0. The first-order valence-electron chi connectivity index (χ1n) is 6.58. The van der Waals surface area contributed by atoms with Gasteiger partial charge in [0, 0.05) is 10.3 Å². The topological polar surface area (TPSA) is 25.8 Å². The smallest absolute Gasteiger partial charge is 0.171 e. The van der Waals surface area contributed by atoms with Gasteiger partial charge in [0.2, 0.25) is 0 Å². The molecule has 2 aromatic heterocycles. The van der Waals surface area contributed by atoms with Crippen LogP contribution in [0.15, 0.2) is 30.3 Å². The number of rotatable bonds is 2. The van der Waals surface area contributed by atoms with E-state index < -0.39 is 0 Å². The Labute approximate surface area is 127 Å². The first-order chi connectivity index (χ1) is 9.54. The average molecular weight is 303 g/mol. The van der Waals surface area contributed by atoms with Crippen LogP contribution in [0, 0.1) is 6.92 Å². The summed E-state index contributed by atoms with van der Waals surface area (Å²) < 4.78 is 0. The van der Waals surface area contributed by atoms with Crippen molar-refractivity contribution in [3.05, 3.63) is 45.9 Å². The highest BCUT2D eigenvalue weighted by atomic mass is 35.5. The standard InChI is InChI=1S/C16H15ClN2S/c1-9(2)11-5-6-13-12(8-11)15(17)19-16(18-13)14-7-4-10(3)20-14/h4-9H,1-3H3. The lowest BCUT2D eigenvalue weighted by Crippen LogP contribution is -1.93. The van der Waals surface area contributed by atoms with Gasteiger partial charge in [-0.25, -0.2) is 9.97 Å². The number of fused-ring (bicyclic) bond motifs is 1. The van der Waals surface area contributed by atoms with E-state index in [1.54, 1.807) is 11.3 Å². The molecule has 0 spiro atoms. The number of hydrogen-bond acceptors (Lipinski definition) is 3. The molecule has 0 fully saturated rings. The fourth-order valence-corrected chi connectivity index (χ4v) is 3.17. The third kappa shape index (κ3) is 2.43. The summed E-state index contributed by atoms with van der Waals surface area (Å²) in [7, 11) is 0. The van der Waals surface area contributed by atoms with Gasteiger partial charge in [-0.1, -0.05) is 31.5 Å². The van der Waals surface area contributed by atoms with Crippen LogP contribution in [0.3, 0.4) is 0 Å². The molecule has 0 unspecified atom stereocenters. The Morgan fingerprint density at radius 1 is 1.10 bits per heavy atom. The van der Waals surface area contributed by atoms with Gasteiger partial charge in [-0.15, -0.1) is 11.3 Å². The summed E-state index contributed by atoms with van der Waals surface area (Å²) in [6.45, 7) is 6.41. The maximum atomic E-state index is 6.35. The molecule has 2 heterocycles. The monoisotopic (exact) mass is 302 g/mol. The van der Waals surface area contributed by atoms with Crippen molar-refractivity contribution in [1.82, 2.24) is 9.97 Å². The number of benzene rings is 1. The van der Waals surface area contributed by atoms with Crippen LogP contribution in [0.4, 0.5) is 0 Å². The van der Waals surface area contributed by atoms with Gasteiger partial charge in [-0.3, -0.25) is 0 Å². The highest BCUT2D eigenvalue weighted by Gasteiger charge is 2.11. The Morgan fingerprint density at radius 2 is 1.90 bits per heavy atom. The number of thiophene rings is 1. The molecule has 0 saturated carbocycles. The number of aromatic nitrogens is 2. The highest BCUT2D eigenvalue weighted by Crippen LogP contribution is 2.30. The lowest BCUT2D eigenvalue weighted by atomic mass is 10.0. The van der Waals surface area contributed by atoms with Gasteiger partial charge < -0.3 is 0 Å². The SMILES string of the molecule is Cc1ccc(-c2nc(Cl)c3cc(C(C)C)ccc3n2)s1. The van der Waals surface area contributed by atoms with Crippen LogP contribution in [0.25, 0.3) is 21.6 Å². The second-order valence-electron chi connectivity index (χ2n) is 5.18. The number of aryl methyl sites for hydroxylation is 1. The van der Waals surface area contributed by atoms with Gasteiger partial charge >= 0.3 is 0 Å². The summed E-state index contributed by atoms with van der Waals surface area (Å²) in [6.07, 6.45) is 0. The fourth-order valence-electron chi connectivity index (χ4n) is 2.13. The molecule has 4 heteroatoms. The lowest BCUT2D eigenvalue weighted by Gasteiger charge is -2.08. The lowest BCUT2D eigenvalue weighted by molar-refractivity contribution is 0.868. The molecule has 3 aromatic rings. The molecule has 0 bridgehead atoms. The van der Waals surface area contributed by atoms with Gasteiger partial charge in [-0.2, -0.15) is 0 Å². The van der Waals surface area contributed by atoms with E-state index in [-0.39, 0.29) is 0 Å². The zero-order valence-electron chi connectivity index (χ0n) is 11.6. The zero-order valence-corrected chi connectivity index (χ0v) is 13.2. The van der Waals surface area contributed by atoms with E-state index in [0.29, 0.717) is 16.9 Å². The Balaban J connectivity index is 2.17. The largest absolute Gasteiger partial charge is 0.227 e. The van der Waals surface area contributed by atoms with Gasteiger partial charge in [0.25, 0.3) is 0 Å². The predicted molar refractivity (Wildman–Crippen MR) is 86.7 cm³/mol. The molecule has 0 saturated heterocycles. The molecule has 0 atom stereocenters. The Morgan fingerprint density at radius 3 is 2.55 bits per heavy atom. The number of halogens is 1. The zero-order chi connectivity index (χ0) is 14.3. The molecule has 3 rings (SSSR count). The Bertz CT molecular complexity index is 777. The minimum atomic E-state index is 0.468. The van der Waals surface area contributed by atoms with Crippen molar-refractivity contribution in [2.75, 3.05) is 0 Å². The van der Waals surface area contributed by atoms with Crippen molar-refractivity contribution >= 4 is 33.8 Å². The van der Waals surface area contributed by atoms with E-state index >= 15 is 0 Å². The summed E-state index contributed by atoms with van der Waals surface area (Å²) >= 11 is 8.03. The van der Waals surface area contributed by atoms with Crippen LogP contribution in [0.1, 0.15) is 30.2 Å². The molecule has 20 heavy (non-hydrogen) atoms. The van der Waals surface area contributed by atoms with Crippen LogP contribution >= 0.6 is 22.9 Å². The van der Waals surface area contributed by atoms with Crippen LogP contribution in [0.5, 0.6) is 0 Å². The van der Waals surface area contributed by atoms with Crippen LogP contribution in [-0.4, -0.2) is 9.97 Å². The van der Waals surface area contributed by atoms with E-state index in [1.807, 2.05) is 12.1 Å². The van der Waals surface area contributed by atoms with Crippen molar-refractivity contribution in [3.8, 4) is 10.7 Å². The Kier molecular flexibility index (Phi) is 3.48. The van der Waals surface area contributed by atoms with Gasteiger partial charge in [-0.05, 0) is 42.7 Å². The molecule has 0 aliphatic carbocycles. The molecule has 102 valence electrons. The maximum Gasteiger partial charge on any atom is 0.171 e. The normalized spacial score (nSPS) is 11.4. The quantitative estimate of drug-likeness (QED) is 0.589. The minimum absolute atomic E-state index is 0.468. The van der Waals surface area contributed by atoms with E-state index in [1.165, 1.54) is 10.4 Å². The molecule has 0 aliphatic rings. The molecule has 0 amide bonds. The molecule has 1 aromatic carbocycles. The second kappa shape index (κ2) is 5.15. The molecule has 0 radical (unpaired) electrons. The average Bonchev–Trinajstić information content (AvgIpc) is 2.85. The molecule has 0 aliphatic heterocycles. The molecule has 0 N–H and O–H groups in total. The molecular weight excluding hydrogens is 288 g/mol. The summed E-state index contributed by atoms with van der Waals surface area (Å²) in [5.41, 5.74) is 2.15. The summed E-state index contributed by atoms with van der Waals surface area (Å²) in [4.78, 5) is 11.4. The maximum absolute atomic E-state index is 6.35. The Hall–Kier alpha value is -1.45. The van der Waals surface area contributed by atoms with Crippen molar-refractivity contribution in [2.24, 2.45) is 0 Å². The van der Waals surface area contributed by atoms with Crippen molar-refractivity contribution in [1.29, 1.82) is 0 Å². The van der Waals surface area contributed by atoms with Crippen molar-refractivity contribution < 1.29 is 0 Å². The first kappa shape index (κ1) is 13.5. The minimum Gasteiger partial charge on any atom is -0.227 e. The third-order valence-corrected chi connectivity index (χ3v) is 4.59. The van der Waals surface area contributed by atoms with Crippen LogP contribution in [-0.2, 0) is 0 Å². The van der Waals surface area contributed by atoms with Gasteiger partial charge in [0.1, 0.15) is 5.15 Å². The molecular formula is C16H15ClN2S. The van der Waals surface area contributed by atoms with Crippen molar-refractivity contribution in [3.63, 3.8) is 0 Å². The van der Waals surface area contributed by atoms with E-state index in [0.717, 1.165) is 15.8 Å². The van der Waals surface area contributed by atoms with Crippen molar-refractivity contribution in [2.45, 2.75) is 26.7 Å². The summed E-state index contributed by atoms with van der Waals surface area (Å²) in [5, 5.41) is 1.45. The van der Waals surface area contributed by atoms with Crippen LogP contribution in [0.2, 0.25) is 5.15 Å². The second-order valence-corrected chi connectivity index (χ2v) is 6.83. The summed E-state index contributed by atoms with van der Waals surface area (Å²) in [5.74, 6) is 1.17. The van der Waals surface area contributed by atoms with Gasteiger partial charge in [0.15, 0.2) is 5.82 Å². The fraction of sp³-hybridized carbons (Fsp3) is 0.250. The van der Waals surface area contributed by atoms with E-state index in [2.05, 4.69) is 48.9 Å². The predicted octanol–water partition coefficient (Wildman–Crippen LogP) is 5.44. The van der Waals surface area contributed by atoms with E-state index in [4.69, 9.17) is 11.6 Å². The van der Waals surface area contributed by atoms with Crippen LogP contribution < -0.4 is 0 Å². The highest BCUT2D eigenvalue weighted by molar-refractivity contribution is 7.15.